The number of nitrogens with zero attached hydrogens (tertiary/aromatic N) is 2. The van der Waals surface area contributed by atoms with Gasteiger partial charge in [0.15, 0.2) is 0 Å². The summed E-state index contributed by atoms with van der Waals surface area (Å²) in [5, 5.41) is 10.1. The first-order chi connectivity index (χ1) is 10.7. The zero-order valence-electron chi connectivity index (χ0n) is 13.4. The fraction of sp³-hybridized carbons (Fsp3) is 0.647. The molecule has 1 aliphatic heterocycles. The molecule has 0 saturated carbocycles. The molecule has 1 fully saturated rings. The van der Waals surface area contributed by atoms with Gasteiger partial charge in [0.25, 0.3) is 0 Å². The maximum atomic E-state index is 13.4. The molecule has 1 aromatic rings. The van der Waals surface area contributed by atoms with Crippen molar-refractivity contribution >= 4 is 0 Å². The Kier molecular flexibility index (Phi) is 7.25. The van der Waals surface area contributed by atoms with Crippen molar-refractivity contribution in [2.75, 3.05) is 45.9 Å². The van der Waals surface area contributed by atoms with Crippen LogP contribution in [0.5, 0.6) is 0 Å². The lowest BCUT2D eigenvalue weighted by atomic mass is 10.2. The summed E-state index contributed by atoms with van der Waals surface area (Å²) in [6.07, 6.45) is 0.608. The largest absolute Gasteiger partial charge is 0.389 e. The molecular weight excluding hydrogens is 283 g/mol. The first-order valence-electron chi connectivity index (χ1n) is 8.13. The van der Waals surface area contributed by atoms with E-state index in [4.69, 9.17) is 4.74 Å². The van der Waals surface area contributed by atoms with Crippen LogP contribution in [0.2, 0.25) is 0 Å². The van der Waals surface area contributed by atoms with E-state index in [2.05, 4.69) is 16.7 Å². The second-order valence-corrected chi connectivity index (χ2v) is 5.85. The molecule has 22 heavy (non-hydrogen) atoms. The van der Waals surface area contributed by atoms with Crippen LogP contribution >= 0.6 is 0 Å². The molecule has 1 N–H and O–H groups in total. The van der Waals surface area contributed by atoms with E-state index in [1.807, 2.05) is 0 Å². The minimum absolute atomic E-state index is 0.202. The monoisotopic (exact) mass is 310 g/mol. The molecule has 0 bridgehead atoms. The summed E-state index contributed by atoms with van der Waals surface area (Å²) >= 11 is 0. The van der Waals surface area contributed by atoms with Gasteiger partial charge >= 0.3 is 0 Å². The third-order valence-electron chi connectivity index (χ3n) is 4.12. The Morgan fingerprint density at radius 2 is 1.91 bits per heavy atom. The number of halogens is 1. The van der Waals surface area contributed by atoms with Crippen LogP contribution in [-0.2, 0) is 11.3 Å². The molecule has 4 nitrogen and oxygen atoms in total. The molecule has 0 radical (unpaired) electrons. The van der Waals surface area contributed by atoms with Crippen LogP contribution in [0, 0.1) is 5.82 Å². The van der Waals surface area contributed by atoms with Gasteiger partial charge in [-0.25, -0.2) is 4.39 Å². The van der Waals surface area contributed by atoms with Gasteiger partial charge in [-0.3, -0.25) is 4.90 Å². The Balaban J connectivity index is 1.67. The molecule has 1 saturated heterocycles. The van der Waals surface area contributed by atoms with Crippen LogP contribution in [0.25, 0.3) is 0 Å². The van der Waals surface area contributed by atoms with Crippen molar-refractivity contribution in [3.05, 3.63) is 35.6 Å². The molecule has 2 rings (SSSR count). The van der Waals surface area contributed by atoms with Gasteiger partial charge < -0.3 is 14.7 Å². The standard InChI is InChI=1S/C17H27FN2O2/c1-2-19-8-5-9-20(11-10-19)12-16(21)14-22-13-15-6-3-4-7-17(15)18/h3-4,6-7,16,21H,2,5,8-14H2,1H3. The van der Waals surface area contributed by atoms with Gasteiger partial charge in [-0.2, -0.15) is 0 Å². The van der Waals surface area contributed by atoms with Gasteiger partial charge in [-0.1, -0.05) is 25.1 Å². The fourth-order valence-corrected chi connectivity index (χ4v) is 2.79. The van der Waals surface area contributed by atoms with Crippen LogP contribution in [0.1, 0.15) is 18.9 Å². The van der Waals surface area contributed by atoms with Gasteiger partial charge in [0.1, 0.15) is 5.82 Å². The lowest BCUT2D eigenvalue weighted by molar-refractivity contribution is 0.00975. The second-order valence-electron chi connectivity index (χ2n) is 5.85. The molecule has 1 atom stereocenters. The van der Waals surface area contributed by atoms with E-state index in [1.54, 1.807) is 18.2 Å². The normalized spacial score (nSPS) is 19.0. The van der Waals surface area contributed by atoms with Crippen LogP contribution < -0.4 is 0 Å². The van der Waals surface area contributed by atoms with E-state index < -0.39 is 6.10 Å². The third kappa shape index (κ3) is 5.65. The summed E-state index contributed by atoms with van der Waals surface area (Å²) in [4.78, 5) is 4.72. The lowest BCUT2D eigenvalue weighted by Crippen LogP contribution is -2.37. The maximum absolute atomic E-state index is 13.4. The van der Waals surface area contributed by atoms with Gasteiger partial charge in [0.05, 0.1) is 19.3 Å². The van der Waals surface area contributed by atoms with E-state index >= 15 is 0 Å². The molecule has 0 amide bonds. The Morgan fingerprint density at radius 3 is 2.68 bits per heavy atom. The van der Waals surface area contributed by atoms with Gasteiger partial charge in [0.2, 0.25) is 0 Å². The van der Waals surface area contributed by atoms with E-state index in [-0.39, 0.29) is 19.0 Å². The topological polar surface area (TPSA) is 35.9 Å². The van der Waals surface area contributed by atoms with Crippen LogP contribution in [-0.4, -0.2) is 66.9 Å². The molecule has 0 spiro atoms. The Labute approximate surface area is 132 Å². The van der Waals surface area contributed by atoms with Crippen molar-refractivity contribution in [3.63, 3.8) is 0 Å². The molecule has 124 valence electrons. The molecule has 5 heteroatoms. The first-order valence-corrected chi connectivity index (χ1v) is 8.13. The highest BCUT2D eigenvalue weighted by molar-refractivity contribution is 5.16. The minimum atomic E-state index is -0.528. The lowest BCUT2D eigenvalue weighted by Gasteiger charge is -2.23. The predicted octanol–water partition coefficient (Wildman–Crippen LogP) is 1.73. The van der Waals surface area contributed by atoms with Crippen molar-refractivity contribution in [2.24, 2.45) is 0 Å². The molecule has 1 aromatic carbocycles. The molecule has 1 heterocycles. The third-order valence-corrected chi connectivity index (χ3v) is 4.12. The van der Waals surface area contributed by atoms with Crippen molar-refractivity contribution < 1.29 is 14.2 Å². The zero-order chi connectivity index (χ0) is 15.8. The highest BCUT2D eigenvalue weighted by Crippen LogP contribution is 2.08. The van der Waals surface area contributed by atoms with E-state index in [1.165, 1.54) is 6.07 Å². The molecule has 1 aliphatic rings. The van der Waals surface area contributed by atoms with Crippen molar-refractivity contribution in [1.29, 1.82) is 0 Å². The van der Waals surface area contributed by atoms with Crippen LogP contribution in [0.4, 0.5) is 4.39 Å². The Hall–Kier alpha value is -1.01. The first kappa shape index (κ1) is 17.3. The Bertz CT molecular complexity index is 444. The number of rotatable bonds is 7. The van der Waals surface area contributed by atoms with Crippen LogP contribution in [0.3, 0.4) is 0 Å². The molecular formula is C17H27FN2O2. The summed E-state index contributed by atoms with van der Waals surface area (Å²) < 4.78 is 18.9. The van der Waals surface area contributed by atoms with Crippen molar-refractivity contribution in [1.82, 2.24) is 9.80 Å². The highest BCUT2D eigenvalue weighted by atomic mass is 19.1. The number of hydrogen-bond donors (Lipinski definition) is 1. The quantitative estimate of drug-likeness (QED) is 0.832. The predicted molar refractivity (Wildman–Crippen MR) is 85.2 cm³/mol. The molecule has 1 unspecified atom stereocenters. The van der Waals surface area contributed by atoms with Gasteiger partial charge in [0, 0.05) is 25.2 Å². The number of likely N-dealkylation sites (N-methyl/N-ethyl adjacent to an activating group) is 1. The highest BCUT2D eigenvalue weighted by Gasteiger charge is 2.16. The number of hydrogen-bond acceptors (Lipinski definition) is 4. The summed E-state index contributed by atoms with van der Waals surface area (Å²) in [5.41, 5.74) is 0.531. The number of aliphatic hydroxyl groups is 1. The average molecular weight is 310 g/mol. The SMILES string of the molecule is CCN1CCCN(CC(O)COCc2ccccc2F)CC1. The summed E-state index contributed by atoms with van der Waals surface area (Å²) in [7, 11) is 0. The fourth-order valence-electron chi connectivity index (χ4n) is 2.79. The van der Waals surface area contributed by atoms with E-state index in [0.29, 0.717) is 12.1 Å². The van der Waals surface area contributed by atoms with Gasteiger partial charge in [-0.15, -0.1) is 0 Å². The number of β-amino-alcohol motifs (C(OH)–C–C–N with tert-alkyl or cyclic N) is 1. The summed E-state index contributed by atoms with van der Waals surface area (Å²) in [5.74, 6) is -0.260. The van der Waals surface area contributed by atoms with E-state index in [0.717, 1.165) is 39.1 Å². The number of benzene rings is 1. The number of ether oxygens (including phenoxy) is 1. The minimum Gasteiger partial charge on any atom is -0.389 e. The zero-order valence-corrected chi connectivity index (χ0v) is 13.4. The smallest absolute Gasteiger partial charge is 0.128 e. The number of aliphatic hydroxyl groups excluding tert-OH is 1. The summed E-state index contributed by atoms with van der Waals surface area (Å²) in [6.45, 7) is 8.51. The maximum Gasteiger partial charge on any atom is 0.128 e. The molecule has 0 aromatic heterocycles. The van der Waals surface area contributed by atoms with Crippen LogP contribution in [0.15, 0.2) is 24.3 Å². The average Bonchev–Trinajstić information content (AvgIpc) is 2.74. The van der Waals surface area contributed by atoms with E-state index in [9.17, 15) is 9.50 Å². The molecule has 0 aliphatic carbocycles. The summed E-state index contributed by atoms with van der Waals surface area (Å²) in [6, 6.07) is 6.57. The van der Waals surface area contributed by atoms with Gasteiger partial charge in [-0.05, 0) is 32.1 Å². The Morgan fingerprint density at radius 1 is 1.18 bits per heavy atom. The van der Waals surface area contributed by atoms with Crippen molar-refractivity contribution in [3.8, 4) is 0 Å². The second kappa shape index (κ2) is 9.20. The van der Waals surface area contributed by atoms with Crippen molar-refractivity contribution in [2.45, 2.75) is 26.1 Å².